The van der Waals surface area contributed by atoms with Gasteiger partial charge in [-0.05, 0) is 35.9 Å². The first-order valence-electron chi connectivity index (χ1n) is 9.52. The van der Waals surface area contributed by atoms with Crippen LogP contribution in [0.2, 0.25) is 0 Å². The Morgan fingerprint density at radius 2 is 1.71 bits per heavy atom. The van der Waals surface area contributed by atoms with Crippen LogP contribution in [0.5, 0.6) is 0 Å². The van der Waals surface area contributed by atoms with Crippen molar-refractivity contribution in [3.05, 3.63) is 73.0 Å². The van der Waals surface area contributed by atoms with Gasteiger partial charge in [0.15, 0.2) is 0 Å². The molecule has 6 heteroatoms. The van der Waals surface area contributed by atoms with Crippen molar-refractivity contribution in [1.82, 2.24) is 19.9 Å². The number of rotatable bonds is 4. The van der Waals surface area contributed by atoms with Gasteiger partial charge in [0.05, 0.1) is 6.54 Å². The number of benzene rings is 1. The van der Waals surface area contributed by atoms with Crippen LogP contribution in [0.3, 0.4) is 0 Å². The second kappa shape index (κ2) is 7.40. The topological polar surface area (TPSA) is 58.3 Å². The van der Waals surface area contributed by atoms with E-state index in [1.54, 1.807) is 18.6 Å². The van der Waals surface area contributed by atoms with Crippen LogP contribution in [-0.4, -0.2) is 46.0 Å². The first-order valence-corrected chi connectivity index (χ1v) is 9.52. The van der Waals surface area contributed by atoms with E-state index in [2.05, 4.69) is 49.0 Å². The molecule has 4 heterocycles. The third kappa shape index (κ3) is 3.46. The Kier molecular flexibility index (Phi) is 4.47. The summed E-state index contributed by atoms with van der Waals surface area (Å²) in [6, 6.07) is 14.3. The van der Waals surface area contributed by atoms with Gasteiger partial charge in [0.2, 0.25) is 5.95 Å². The minimum Gasteiger partial charge on any atom is -0.460 e. The number of furan rings is 1. The maximum absolute atomic E-state index is 6.08. The molecule has 28 heavy (non-hydrogen) atoms. The average molecular weight is 371 g/mol. The number of hydrogen-bond donors (Lipinski definition) is 0. The fourth-order valence-electron chi connectivity index (χ4n) is 3.67. The van der Waals surface area contributed by atoms with Crippen LogP contribution in [0.15, 0.2) is 71.7 Å². The molecule has 6 nitrogen and oxygen atoms in total. The van der Waals surface area contributed by atoms with Gasteiger partial charge in [-0.2, -0.15) is 0 Å². The first kappa shape index (κ1) is 16.9. The molecule has 0 bridgehead atoms. The Labute approximate surface area is 163 Å². The molecule has 0 amide bonds. The molecule has 1 aromatic carbocycles. The number of aromatic nitrogens is 3. The molecule has 5 rings (SSSR count). The molecule has 0 radical (unpaired) electrons. The Morgan fingerprint density at radius 1 is 0.857 bits per heavy atom. The van der Waals surface area contributed by atoms with E-state index in [1.165, 1.54) is 0 Å². The highest BCUT2D eigenvalue weighted by Gasteiger charge is 2.20. The first-order chi connectivity index (χ1) is 13.8. The Bertz CT molecular complexity index is 1060. The summed E-state index contributed by atoms with van der Waals surface area (Å²) in [5.74, 6) is 1.82. The lowest BCUT2D eigenvalue weighted by Crippen LogP contribution is -2.46. The SMILES string of the molecule is c1cnc(N2CCN(Cc3cc4cc(-c5cccnc5)ccc4o3)CC2)nc1. The van der Waals surface area contributed by atoms with Gasteiger partial charge in [-0.1, -0.05) is 12.1 Å². The van der Waals surface area contributed by atoms with Crippen LogP contribution >= 0.6 is 0 Å². The van der Waals surface area contributed by atoms with Crippen molar-refractivity contribution >= 4 is 16.9 Å². The van der Waals surface area contributed by atoms with Gasteiger partial charge in [0, 0.05) is 61.9 Å². The summed E-state index contributed by atoms with van der Waals surface area (Å²) in [4.78, 5) is 17.5. The van der Waals surface area contributed by atoms with Crippen LogP contribution in [0.25, 0.3) is 22.1 Å². The number of nitrogens with zero attached hydrogens (tertiary/aromatic N) is 5. The summed E-state index contributed by atoms with van der Waals surface area (Å²) in [7, 11) is 0. The zero-order chi connectivity index (χ0) is 18.8. The third-order valence-corrected chi connectivity index (χ3v) is 5.15. The summed E-state index contributed by atoms with van der Waals surface area (Å²) >= 11 is 0. The summed E-state index contributed by atoms with van der Waals surface area (Å²) in [5.41, 5.74) is 3.20. The van der Waals surface area contributed by atoms with Gasteiger partial charge in [0.25, 0.3) is 0 Å². The van der Waals surface area contributed by atoms with Crippen LogP contribution < -0.4 is 4.90 Å². The Morgan fingerprint density at radius 3 is 2.50 bits per heavy atom. The summed E-state index contributed by atoms with van der Waals surface area (Å²) in [6.07, 6.45) is 7.27. The minimum absolute atomic E-state index is 0.814. The fourth-order valence-corrected chi connectivity index (χ4v) is 3.67. The van der Waals surface area contributed by atoms with Gasteiger partial charge in [-0.25, -0.2) is 9.97 Å². The predicted octanol–water partition coefficient (Wildman–Crippen LogP) is 3.61. The smallest absolute Gasteiger partial charge is 0.225 e. The van der Waals surface area contributed by atoms with Gasteiger partial charge >= 0.3 is 0 Å². The molecule has 1 saturated heterocycles. The monoisotopic (exact) mass is 371 g/mol. The number of piperazine rings is 1. The number of fused-ring (bicyclic) bond motifs is 1. The quantitative estimate of drug-likeness (QED) is 0.546. The van der Waals surface area contributed by atoms with Crippen molar-refractivity contribution in [3.8, 4) is 11.1 Å². The fraction of sp³-hybridized carbons (Fsp3) is 0.227. The van der Waals surface area contributed by atoms with E-state index in [0.29, 0.717) is 0 Å². The maximum atomic E-state index is 6.08. The van der Waals surface area contributed by atoms with E-state index < -0.39 is 0 Å². The summed E-state index contributed by atoms with van der Waals surface area (Å²) < 4.78 is 6.08. The van der Waals surface area contributed by atoms with Gasteiger partial charge in [-0.15, -0.1) is 0 Å². The highest BCUT2D eigenvalue weighted by Crippen LogP contribution is 2.27. The lowest BCUT2D eigenvalue weighted by atomic mass is 10.1. The van der Waals surface area contributed by atoms with E-state index in [0.717, 1.165) is 66.5 Å². The van der Waals surface area contributed by atoms with Crippen LogP contribution in [-0.2, 0) is 6.54 Å². The van der Waals surface area contributed by atoms with E-state index in [4.69, 9.17) is 4.42 Å². The third-order valence-electron chi connectivity index (χ3n) is 5.15. The normalized spacial score (nSPS) is 15.2. The standard InChI is InChI=1S/C22H21N5O/c1-3-18(15-23-6-1)17-4-5-21-19(13-17)14-20(28-21)16-26-9-11-27(12-10-26)22-24-7-2-8-25-22/h1-8,13-15H,9-12,16H2. The number of hydrogen-bond acceptors (Lipinski definition) is 6. The van der Waals surface area contributed by atoms with Crippen molar-refractivity contribution in [2.45, 2.75) is 6.54 Å². The second-order valence-electron chi connectivity index (χ2n) is 7.02. The van der Waals surface area contributed by atoms with Crippen molar-refractivity contribution in [3.63, 3.8) is 0 Å². The average Bonchev–Trinajstić information content (AvgIpc) is 3.17. The van der Waals surface area contributed by atoms with Gasteiger partial charge in [-0.3, -0.25) is 9.88 Å². The lowest BCUT2D eigenvalue weighted by molar-refractivity contribution is 0.232. The molecule has 3 aromatic heterocycles. The number of pyridine rings is 1. The molecule has 0 aliphatic carbocycles. The highest BCUT2D eigenvalue weighted by molar-refractivity contribution is 5.83. The molecule has 4 aromatic rings. The van der Waals surface area contributed by atoms with Crippen molar-refractivity contribution < 1.29 is 4.42 Å². The molecule has 140 valence electrons. The van der Waals surface area contributed by atoms with E-state index in [1.807, 2.05) is 24.4 Å². The predicted molar refractivity (Wildman–Crippen MR) is 109 cm³/mol. The molecule has 0 saturated carbocycles. The minimum atomic E-state index is 0.814. The zero-order valence-corrected chi connectivity index (χ0v) is 15.5. The van der Waals surface area contributed by atoms with Crippen LogP contribution in [0.1, 0.15) is 5.76 Å². The maximum Gasteiger partial charge on any atom is 0.225 e. The highest BCUT2D eigenvalue weighted by atomic mass is 16.3. The molecule has 0 atom stereocenters. The molecule has 0 N–H and O–H groups in total. The molecule has 0 spiro atoms. The Balaban J connectivity index is 1.27. The molecule has 1 fully saturated rings. The Hall–Kier alpha value is -3.25. The van der Waals surface area contributed by atoms with E-state index >= 15 is 0 Å². The van der Waals surface area contributed by atoms with E-state index in [9.17, 15) is 0 Å². The van der Waals surface area contributed by atoms with Crippen molar-refractivity contribution in [2.24, 2.45) is 0 Å². The van der Waals surface area contributed by atoms with Crippen LogP contribution in [0.4, 0.5) is 5.95 Å². The largest absolute Gasteiger partial charge is 0.460 e. The molecular formula is C22H21N5O. The summed E-state index contributed by atoms with van der Waals surface area (Å²) in [5, 5.41) is 1.13. The van der Waals surface area contributed by atoms with Crippen molar-refractivity contribution in [1.29, 1.82) is 0 Å². The lowest BCUT2D eigenvalue weighted by Gasteiger charge is -2.34. The molecule has 1 aliphatic heterocycles. The van der Waals surface area contributed by atoms with E-state index in [-0.39, 0.29) is 0 Å². The van der Waals surface area contributed by atoms with Gasteiger partial charge < -0.3 is 9.32 Å². The summed E-state index contributed by atoms with van der Waals surface area (Å²) in [6.45, 7) is 4.61. The second-order valence-corrected chi connectivity index (χ2v) is 7.02. The van der Waals surface area contributed by atoms with Crippen molar-refractivity contribution in [2.75, 3.05) is 31.1 Å². The molecular weight excluding hydrogens is 350 g/mol. The molecule has 1 aliphatic rings. The zero-order valence-electron chi connectivity index (χ0n) is 15.5. The van der Waals surface area contributed by atoms with Crippen LogP contribution in [0, 0.1) is 0 Å². The number of anilines is 1. The molecule has 0 unspecified atom stereocenters. The van der Waals surface area contributed by atoms with Gasteiger partial charge in [0.1, 0.15) is 11.3 Å².